The molecule has 0 saturated carbocycles. The molecule has 0 aliphatic carbocycles. The van der Waals surface area contributed by atoms with Crippen LogP contribution in [-0.2, 0) is 0 Å². The standard InChI is InChI=1S/C6H10F5N3O/c7-5(8,1-12)2-13-4(15)14-3-6(9,10)11/h1-3,12H2,(H2,13,14,15). The Balaban J connectivity index is 3.77. The molecule has 0 unspecified atom stereocenters. The fraction of sp³-hybridized carbons (Fsp3) is 0.833. The van der Waals surface area contributed by atoms with E-state index >= 15 is 0 Å². The van der Waals surface area contributed by atoms with Gasteiger partial charge in [0.25, 0.3) is 5.92 Å². The lowest BCUT2D eigenvalue weighted by molar-refractivity contribution is -0.122. The Hall–Kier alpha value is -1.12. The molecular weight excluding hydrogens is 225 g/mol. The molecule has 0 aromatic heterocycles. The molecule has 90 valence electrons. The van der Waals surface area contributed by atoms with Gasteiger partial charge in [0.15, 0.2) is 0 Å². The van der Waals surface area contributed by atoms with E-state index in [0.717, 1.165) is 0 Å². The molecule has 0 rings (SSSR count). The highest BCUT2D eigenvalue weighted by Crippen LogP contribution is 2.12. The van der Waals surface area contributed by atoms with Gasteiger partial charge in [-0.05, 0) is 0 Å². The van der Waals surface area contributed by atoms with Gasteiger partial charge in [0, 0.05) is 0 Å². The zero-order valence-electron chi connectivity index (χ0n) is 7.50. The third-order valence-electron chi connectivity index (χ3n) is 1.26. The topological polar surface area (TPSA) is 67.1 Å². The van der Waals surface area contributed by atoms with Crippen LogP contribution in [0.2, 0.25) is 0 Å². The average molecular weight is 235 g/mol. The van der Waals surface area contributed by atoms with Crippen molar-refractivity contribution < 1.29 is 26.7 Å². The van der Waals surface area contributed by atoms with Gasteiger partial charge in [-0.25, -0.2) is 13.6 Å². The smallest absolute Gasteiger partial charge is 0.332 e. The number of rotatable bonds is 4. The Morgan fingerprint density at radius 3 is 1.93 bits per heavy atom. The second-order valence-corrected chi connectivity index (χ2v) is 2.71. The maximum absolute atomic E-state index is 12.4. The number of nitrogens with two attached hydrogens (primary N) is 1. The van der Waals surface area contributed by atoms with Crippen LogP contribution in [0.15, 0.2) is 0 Å². The molecule has 0 spiro atoms. The Bertz CT molecular complexity index is 217. The van der Waals surface area contributed by atoms with E-state index in [1.54, 1.807) is 5.32 Å². The van der Waals surface area contributed by atoms with E-state index in [1.165, 1.54) is 5.32 Å². The molecule has 4 nitrogen and oxygen atoms in total. The fourth-order valence-corrected chi connectivity index (χ4v) is 0.525. The number of amides is 2. The van der Waals surface area contributed by atoms with Gasteiger partial charge >= 0.3 is 12.2 Å². The van der Waals surface area contributed by atoms with Crippen molar-refractivity contribution in [2.24, 2.45) is 5.73 Å². The minimum atomic E-state index is -4.58. The van der Waals surface area contributed by atoms with Crippen LogP contribution in [0.1, 0.15) is 0 Å². The van der Waals surface area contributed by atoms with Crippen LogP contribution in [0.25, 0.3) is 0 Å². The zero-order valence-corrected chi connectivity index (χ0v) is 7.50. The van der Waals surface area contributed by atoms with Crippen LogP contribution in [0, 0.1) is 0 Å². The quantitative estimate of drug-likeness (QED) is 0.619. The summed E-state index contributed by atoms with van der Waals surface area (Å²) in [7, 11) is 0. The van der Waals surface area contributed by atoms with Crippen molar-refractivity contribution in [3.63, 3.8) is 0 Å². The Morgan fingerprint density at radius 1 is 1.07 bits per heavy atom. The van der Waals surface area contributed by atoms with Crippen molar-refractivity contribution in [1.82, 2.24) is 10.6 Å². The SMILES string of the molecule is NCC(F)(F)CNC(=O)NCC(F)(F)F. The predicted octanol–water partition coefficient (Wildman–Crippen LogP) is 0.442. The number of halogens is 5. The van der Waals surface area contributed by atoms with E-state index in [4.69, 9.17) is 0 Å². The van der Waals surface area contributed by atoms with Crippen molar-refractivity contribution in [3.8, 4) is 0 Å². The summed E-state index contributed by atoms with van der Waals surface area (Å²) < 4.78 is 59.4. The van der Waals surface area contributed by atoms with Crippen molar-refractivity contribution in [2.75, 3.05) is 19.6 Å². The first-order valence-corrected chi connectivity index (χ1v) is 3.83. The van der Waals surface area contributed by atoms with Crippen LogP contribution in [0.3, 0.4) is 0 Å². The number of urea groups is 1. The minimum absolute atomic E-state index is 0.994. The number of hydrogen-bond acceptors (Lipinski definition) is 2. The van der Waals surface area contributed by atoms with E-state index in [9.17, 15) is 26.7 Å². The first-order valence-electron chi connectivity index (χ1n) is 3.83. The molecule has 0 atom stereocenters. The number of hydrogen-bond donors (Lipinski definition) is 3. The number of alkyl halides is 5. The normalized spacial score (nSPS) is 12.4. The van der Waals surface area contributed by atoms with Crippen molar-refractivity contribution in [2.45, 2.75) is 12.1 Å². The lowest BCUT2D eigenvalue weighted by Crippen LogP contribution is -2.47. The molecule has 0 aliphatic heterocycles. The Morgan fingerprint density at radius 2 is 1.53 bits per heavy atom. The number of carbonyl (C=O) groups is 1. The van der Waals surface area contributed by atoms with Crippen LogP contribution >= 0.6 is 0 Å². The lowest BCUT2D eigenvalue weighted by atomic mass is 10.3. The van der Waals surface area contributed by atoms with Gasteiger partial charge in [0.2, 0.25) is 0 Å². The van der Waals surface area contributed by atoms with Gasteiger partial charge in [-0.15, -0.1) is 0 Å². The summed E-state index contributed by atoms with van der Waals surface area (Å²) in [6.45, 7) is -3.67. The Kier molecular flexibility index (Phi) is 4.72. The molecule has 0 saturated heterocycles. The highest BCUT2D eigenvalue weighted by Gasteiger charge is 2.30. The summed E-state index contributed by atoms with van der Waals surface area (Å²) in [5.74, 6) is -3.32. The van der Waals surface area contributed by atoms with Gasteiger partial charge < -0.3 is 16.4 Å². The summed E-state index contributed by atoms with van der Waals surface area (Å²) >= 11 is 0. The summed E-state index contributed by atoms with van der Waals surface area (Å²) in [6.07, 6.45) is -4.58. The first-order chi connectivity index (χ1) is 6.66. The van der Waals surface area contributed by atoms with Crippen LogP contribution in [0.4, 0.5) is 26.7 Å². The number of carbonyl (C=O) groups excluding carboxylic acids is 1. The van der Waals surface area contributed by atoms with Crippen molar-refractivity contribution >= 4 is 6.03 Å². The van der Waals surface area contributed by atoms with E-state index < -0.39 is 37.8 Å². The third-order valence-corrected chi connectivity index (χ3v) is 1.26. The van der Waals surface area contributed by atoms with Crippen LogP contribution < -0.4 is 16.4 Å². The minimum Gasteiger partial charge on any atom is -0.332 e. The third kappa shape index (κ3) is 7.91. The molecule has 0 bridgehead atoms. The second-order valence-electron chi connectivity index (χ2n) is 2.71. The molecule has 9 heteroatoms. The van der Waals surface area contributed by atoms with Gasteiger partial charge in [0.1, 0.15) is 6.54 Å². The summed E-state index contributed by atoms with van der Waals surface area (Å²) in [4.78, 5) is 10.6. The van der Waals surface area contributed by atoms with Gasteiger partial charge in [-0.2, -0.15) is 13.2 Å². The van der Waals surface area contributed by atoms with Gasteiger partial charge in [0.05, 0.1) is 13.1 Å². The highest BCUT2D eigenvalue weighted by molar-refractivity contribution is 5.73. The molecule has 0 aromatic rings. The first kappa shape index (κ1) is 13.9. The maximum atomic E-state index is 12.4. The second kappa shape index (κ2) is 5.10. The molecule has 0 fully saturated rings. The molecule has 0 radical (unpaired) electrons. The molecule has 0 aromatic carbocycles. The number of nitrogens with one attached hydrogen (secondary N) is 2. The molecule has 15 heavy (non-hydrogen) atoms. The zero-order chi connectivity index (χ0) is 12.1. The van der Waals surface area contributed by atoms with Crippen molar-refractivity contribution in [3.05, 3.63) is 0 Å². The lowest BCUT2D eigenvalue weighted by Gasteiger charge is -2.15. The summed E-state index contributed by atoms with van der Waals surface area (Å²) in [5, 5.41) is 2.94. The fourth-order valence-electron chi connectivity index (χ4n) is 0.525. The van der Waals surface area contributed by atoms with E-state index in [-0.39, 0.29) is 0 Å². The Labute approximate surface area is 82.0 Å². The van der Waals surface area contributed by atoms with Crippen molar-refractivity contribution in [1.29, 1.82) is 0 Å². The summed E-state index contributed by atoms with van der Waals surface area (Å²) in [6, 6.07) is -1.32. The van der Waals surface area contributed by atoms with Crippen LogP contribution in [0.5, 0.6) is 0 Å². The highest BCUT2D eigenvalue weighted by atomic mass is 19.4. The maximum Gasteiger partial charge on any atom is 0.405 e. The molecular formula is C6H10F5N3O. The molecule has 0 aliphatic rings. The summed E-state index contributed by atoms with van der Waals surface area (Å²) in [5.41, 5.74) is 4.63. The van der Waals surface area contributed by atoms with E-state index in [0.29, 0.717) is 0 Å². The molecule has 2 amide bonds. The van der Waals surface area contributed by atoms with Gasteiger partial charge in [-0.3, -0.25) is 0 Å². The largest absolute Gasteiger partial charge is 0.405 e. The van der Waals surface area contributed by atoms with Crippen LogP contribution in [-0.4, -0.2) is 37.8 Å². The van der Waals surface area contributed by atoms with E-state index in [2.05, 4.69) is 5.73 Å². The predicted molar refractivity (Wildman–Crippen MR) is 41.5 cm³/mol. The molecule has 0 heterocycles. The van der Waals surface area contributed by atoms with E-state index in [1.807, 2.05) is 0 Å². The molecule has 4 N–H and O–H groups in total. The van der Waals surface area contributed by atoms with Gasteiger partial charge in [-0.1, -0.05) is 0 Å². The monoisotopic (exact) mass is 235 g/mol. The average Bonchev–Trinajstić information content (AvgIpc) is 2.10.